The van der Waals surface area contributed by atoms with Crippen molar-refractivity contribution in [2.75, 3.05) is 4.90 Å². The Morgan fingerprint density at radius 2 is 0.864 bits per heavy atom. The summed E-state index contributed by atoms with van der Waals surface area (Å²) in [6.07, 6.45) is 0. The summed E-state index contributed by atoms with van der Waals surface area (Å²) >= 11 is 0. The van der Waals surface area contributed by atoms with Crippen LogP contribution in [0.4, 0.5) is 17.1 Å². The second-order valence-electron chi connectivity index (χ2n) is 15.6. The van der Waals surface area contributed by atoms with Gasteiger partial charge in [0.25, 0.3) is 0 Å². The van der Waals surface area contributed by atoms with Crippen molar-refractivity contribution < 1.29 is 4.74 Å². The maximum atomic E-state index is 6.61. The van der Waals surface area contributed by atoms with E-state index in [0.29, 0.717) is 0 Å². The zero-order chi connectivity index (χ0) is 38.9. The molecule has 276 valence electrons. The summed E-state index contributed by atoms with van der Waals surface area (Å²) in [6, 6.07) is 81.7. The van der Waals surface area contributed by atoms with E-state index in [4.69, 9.17) is 4.74 Å². The summed E-state index contributed by atoms with van der Waals surface area (Å²) in [5.41, 5.74) is 14.9. The fourth-order valence-electron chi connectivity index (χ4n) is 9.88. The van der Waals surface area contributed by atoms with Crippen LogP contribution in [0.25, 0.3) is 54.9 Å². The van der Waals surface area contributed by atoms with Crippen molar-refractivity contribution in [2.45, 2.75) is 5.41 Å². The monoisotopic (exact) mass is 751 g/mol. The van der Waals surface area contributed by atoms with Gasteiger partial charge >= 0.3 is 0 Å². The summed E-state index contributed by atoms with van der Waals surface area (Å²) in [4.78, 5) is 2.39. The summed E-state index contributed by atoms with van der Waals surface area (Å²) in [5.74, 6) is 1.80. The number of anilines is 3. The van der Waals surface area contributed by atoms with Crippen molar-refractivity contribution in [3.8, 4) is 44.9 Å². The summed E-state index contributed by atoms with van der Waals surface area (Å²) in [6.45, 7) is 0. The lowest BCUT2D eigenvalue weighted by atomic mass is 9.66. The molecule has 12 rings (SSSR count). The topological polar surface area (TPSA) is 12.5 Å². The fourth-order valence-corrected chi connectivity index (χ4v) is 9.88. The molecular formula is C57H37NO. The van der Waals surface area contributed by atoms with E-state index in [9.17, 15) is 0 Å². The van der Waals surface area contributed by atoms with E-state index in [2.05, 4.69) is 229 Å². The number of hydrogen-bond acceptors (Lipinski definition) is 2. The van der Waals surface area contributed by atoms with Crippen LogP contribution in [-0.4, -0.2) is 0 Å². The van der Waals surface area contributed by atoms with Crippen LogP contribution in [0, 0.1) is 0 Å². The standard InChI is InChI=1S/C57H37NO/c1-2-13-38(14-3-1)39-27-30-44(31-28-39)58(46-32-34-48-43(36-46)26-25-40-15-4-5-18-47(40)48)45-17-12-16-41(35-45)42-29-33-50-49-19-6-7-20-51(49)57(54(50)37-42)52-21-8-10-23-55(52)59-56-24-11-9-22-53(56)57/h1-37H. The Labute approximate surface area is 343 Å². The van der Waals surface area contributed by atoms with Crippen LogP contribution >= 0.6 is 0 Å². The normalized spacial score (nSPS) is 13.0. The van der Waals surface area contributed by atoms with Gasteiger partial charge in [-0.3, -0.25) is 0 Å². The number of rotatable bonds is 5. The molecule has 1 heterocycles. The Morgan fingerprint density at radius 1 is 0.305 bits per heavy atom. The Bertz CT molecular complexity index is 3210. The quantitative estimate of drug-likeness (QED) is 0.162. The van der Waals surface area contributed by atoms with E-state index >= 15 is 0 Å². The van der Waals surface area contributed by atoms with E-state index in [-0.39, 0.29) is 0 Å². The third-order valence-corrected chi connectivity index (χ3v) is 12.5. The van der Waals surface area contributed by atoms with Crippen molar-refractivity contribution in [2.24, 2.45) is 0 Å². The first-order chi connectivity index (χ1) is 29.2. The molecule has 0 saturated carbocycles. The van der Waals surface area contributed by atoms with Gasteiger partial charge in [0.1, 0.15) is 11.5 Å². The first kappa shape index (κ1) is 33.5. The maximum absolute atomic E-state index is 6.61. The molecule has 59 heavy (non-hydrogen) atoms. The predicted molar refractivity (Wildman–Crippen MR) is 244 cm³/mol. The largest absolute Gasteiger partial charge is 0.457 e. The second kappa shape index (κ2) is 13.2. The van der Waals surface area contributed by atoms with Crippen molar-refractivity contribution in [1.29, 1.82) is 0 Å². The van der Waals surface area contributed by atoms with Crippen molar-refractivity contribution in [3.05, 3.63) is 247 Å². The van der Waals surface area contributed by atoms with Crippen LogP contribution in [0.15, 0.2) is 224 Å². The van der Waals surface area contributed by atoms with Crippen molar-refractivity contribution in [3.63, 3.8) is 0 Å². The smallest absolute Gasteiger partial charge is 0.132 e. The number of nitrogens with zero attached hydrogens (tertiary/aromatic N) is 1. The van der Waals surface area contributed by atoms with Crippen molar-refractivity contribution >= 4 is 38.6 Å². The highest BCUT2D eigenvalue weighted by molar-refractivity contribution is 6.08. The lowest BCUT2D eigenvalue weighted by Gasteiger charge is -2.39. The molecule has 0 bridgehead atoms. The molecule has 10 aromatic carbocycles. The number of ether oxygens (including phenoxy) is 1. The van der Waals surface area contributed by atoms with Crippen molar-refractivity contribution in [1.82, 2.24) is 0 Å². The number of para-hydroxylation sites is 2. The van der Waals surface area contributed by atoms with Gasteiger partial charge in [-0.25, -0.2) is 0 Å². The highest BCUT2D eigenvalue weighted by Crippen LogP contribution is 2.62. The third kappa shape index (κ3) is 5.13. The van der Waals surface area contributed by atoms with Crippen LogP contribution in [0.5, 0.6) is 11.5 Å². The average molecular weight is 752 g/mol. The van der Waals surface area contributed by atoms with Gasteiger partial charge < -0.3 is 9.64 Å². The van der Waals surface area contributed by atoms with Crippen LogP contribution in [0.2, 0.25) is 0 Å². The van der Waals surface area contributed by atoms with Crippen LogP contribution in [0.1, 0.15) is 22.3 Å². The maximum Gasteiger partial charge on any atom is 0.132 e. The molecule has 0 aromatic heterocycles. The minimum Gasteiger partial charge on any atom is -0.457 e. The van der Waals surface area contributed by atoms with E-state index in [1.54, 1.807) is 0 Å². The Morgan fingerprint density at radius 3 is 1.68 bits per heavy atom. The number of fused-ring (bicyclic) bond motifs is 12. The molecular weight excluding hydrogens is 715 g/mol. The molecule has 2 heteroatoms. The number of hydrogen-bond donors (Lipinski definition) is 0. The average Bonchev–Trinajstić information content (AvgIpc) is 3.59. The molecule has 0 atom stereocenters. The molecule has 1 aliphatic heterocycles. The van der Waals surface area contributed by atoms with Gasteiger partial charge in [-0.1, -0.05) is 170 Å². The van der Waals surface area contributed by atoms with E-state index in [1.165, 1.54) is 71.6 Å². The molecule has 0 radical (unpaired) electrons. The SMILES string of the molecule is c1ccc(-c2ccc(N(c3cccc(-c4ccc5c(c4)C4(c6ccccc6Oc6ccccc64)c4ccccc4-5)c3)c3ccc4c(ccc5ccccc54)c3)cc2)cc1. The first-order valence-corrected chi connectivity index (χ1v) is 20.3. The molecule has 0 N–H and O–H groups in total. The molecule has 10 aromatic rings. The lowest BCUT2D eigenvalue weighted by Crippen LogP contribution is -2.32. The van der Waals surface area contributed by atoms with E-state index < -0.39 is 5.41 Å². The molecule has 1 aliphatic carbocycles. The van der Waals surface area contributed by atoms with Gasteiger partial charge in [0.2, 0.25) is 0 Å². The van der Waals surface area contributed by atoms with E-state index in [0.717, 1.165) is 34.1 Å². The molecule has 0 saturated heterocycles. The summed E-state index contributed by atoms with van der Waals surface area (Å²) in [7, 11) is 0. The highest BCUT2D eigenvalue weighted by atomic mass is 16.5. The van der Waals surface area contributed by atoms with Crippen LogP contribution in [-0.2, 0) is 5.41 Å². The summed E-state index contributed by atoms with van der Waals surface area (Å²) < 4.78 is 6.61. The fraction of sp³-hybridized carbons (Fsp3) is 0.0175. The zero-order valence-electron chi connectivity index (χ0n) is 32.2. The minimum atomic E-state index is -0.521. The van der Waals surface area contributed by atoms with Crippen LogP contribution in [0.3, 0.4) is 0 Å². The lowest BCUT2D eigenvalue weighted by molar-refractivity contribution is 0.436. The van der Waals surface area contributed by atoms with Gasteiger partial charge in [0.05, 0.1) is 5.41 Å². The van der Waals surface area contributed by atoms with Gasteiger partial charge in [-0.15, -0.1) is 0 Å². The summed E-state index contributed by atoms with van der Waals surface area (Å²) in [5, 5.41) is 4.98. The first-order valence-electron chi connectivity index (χ1n) is 20.3. The van der Waals surface area contributed by atoms with Crippen LogP contribution < -0.4 is 9.64 Å². The van der Waals surface area contributed by atoms with Gasteiger partial charge in [-0.2, -0.15) is 0 Å². The molecule has 2 nitrogen and oxygen atoms in total. The van der Waals surface area contributed by atoms with Gasteiger partial charge in [0.15, 0.2) is 0 Å². The number of benzene rings is 10. The molecule has 0 fully saturated rings. The molecule has 1 spiro atoms. The second-order valence-corrected chi connectivity index (χ2v) is 15.6. The molecule has 2 aliphatic rings. The van der Waals surface area contributed by atoms with Gasteiger partial charge in [-0.05, 0) is 121 Å². The highest BCUT2D eigenvalue weighted by Gasteiger charge is 2.51. The van der Waals surface area contributed by atoms with Gasteiger partial charge in [0, 0.05) is 28.2 Å². The molecule has 0 amide bonds. The Balaban J connectivity index is 1.03. The minimum absolute atomic E-state index is 0.521. The zero-order valence-corrected chi connectivity index (χ0v) is 32.2. The Kier molecular flexibility index (Phi) is 7.48. The Hall–Kier alpha value is -7.68. The molecule has 0 unspecified atom stereocenters. The predicted octanol–water partition coefficient (Wildman–Crippen LogP) is 15.3. The third-order valence-electron chi connectivity index (χ3n) is 12.5. The van der Waals surface area contributed by atoms with E-state index in [1.807, 2.05) is 0 Å².